The van der Waals surface area contributed by atoms with Crippen molar-refractivity contribution in [3.63, 3.8) is 0 Å². The van der Waals surface area contributed by atoms with Gasteiger partial charge in [0.1, 0.15) is 11.6 Å². The van der Waals surface area contributed by atoms with Crippen molar-refractivity contribution in [2.45, 2.75) is 82.0 Å². The third-order valence-electron chi connectivity index (χ3n) is 7.33. The van der Waals surface area contributed by atoms with E-state index in [9.17, 15) is 27.1 Å². The maximum absolute atomic E-state index is 14.8. The Morgan fingerprint density at radius 1 is 1.22 bits per heavy atom. The van der Waals surface area contributed by atoms with Crippen molar-refractivity contribution in [1.82, 2.24) is 24.3 Å². The van der Waals surface area contributed by atoms with E-state index in [1.165, 1.54) is 4.90 Å². The number of carbonyl (C=O) groups is 1. The Morgan fingerprint density at radius 3 is 2.56 bits per heavy atom. The number of nitrogens with one attached hydrogen (secondary N) is 1. The van der Waals surface area contributed by atoms with Crippen molar-refractivity contribution in [2.75, 3.05) is 6.54 Å². The number of aromatic nitrogens is 2. The predicted molar refractivity (Wildman–Crippen MR) is 128 cm³/mol. The zero-order chi connectivity index (χ0) is 26.0. The van der Waals surface area contributed by atoms with E-state index in [0.717, 1.165) is 27.8 Å². The van der Waals surface area contributed by atoms with Crippen LogP contribution in [0.3, 0.4) is 0 Å². The number of nitrogens with zero attached hydrogens (tertiary/aromatic N) is 4. The normalized spacial score (nSPS) is 25.1. The van der Waals surface area contributed by atoms with Gasteiger partial charge in [0.15, 0.2) is 0 Å². The zero-order valence-corrected chi connectivity index (χ0v) is 21.3. The Morgan fingerprint density at radius 2 is 1.94 bits per heavy atom. The summed E-state index contributed by atoms with van der Waals surface area (Å²) in [5.41, 5.74) is 0.841. The molecule has 0 spiro atoms. The molecule has 1 amide bonds. The fraction of sp³-hybridized carbons (Fsp3) is 0.583. The molecule has 3 aliphatic rings. The molecule has 2 aliphatic heterocycles. The van der Waals surface area contributed by atoms with Gasteiger partial charge in [0.25, 0.3) is 10.0 Å². The summed E-state index contributed by atoms with van der Waals surface area (Å²) in [6.45, 7) is 6.67. The van der Waals surface area contributed by atoms with Gasteiger partial charge in [0, 0.05) is 48.5 Å². The van der Waals surface area contributed by atoms with Crippen molar-refractivity contribution in [3.05, 3.63) is 52.9 Å². The van der Waals surface area contributed by atoms with Crippen molar-refractivity contribution in [3.8, 4) is 0 Å². The Labute approximate surface area is 209 Å². The summed E-state index contributed by atoms with van der Waals surface area (Å²) in [5, 5.41) is 17.4. The molecule has 1 saturated carbocycles. The Bertz CT molecular complexity index is 1260. The number of amides is 1. The highest BCUT2D eigenvalue weighted by molar-refractivity contribution is 7.90. The summed E-state index contributed by atoms with van der Waals surface area (Å²) in [4.78, 5) is 15.8. The van der Waals surface area contributed by atoms with Gasteiger partial charge in [0.05, 0.1) is 23.0 Å². The Balaban J connectivity index is 1.40. The number of hydrogen-bond donors (Lipinski definition) is 2. The molecule has 9 nitrogen and oxygen atoms in total. The van der Waals surface area contributed by atoms with E-state index in [2.05, 4.69) is 15.3 Å². The molecule has 0 unspecified atom stereocenters. The van der Waals surface area contributed by atoms with Crippen molar-refractivity contribution in [1.29, 1.82) is 0 Å². The number of piperidine rings is 1. The van der Waals surface area contributed by atoms with Crippen LogP contribution in [-0.2, 0) is 23.1 Å². The monoisotopic (exact) mass is 523 g/mol. The van der Waals surface area contributed by atoms with Crippen molar-refractivity contribution >= 4 is 16.1 Å². The summed E-state index contributed by atoms with van der Waals surface area (Å²) in [7, 11) is -3.44. The smallest absolute Gasteiger partial charge is 0.408 e. The summed E-state index contributed by atoms with van der Waals surface area (Å²) in [6, 6.07) is 1.71. The molecule has 36 heavy (non-hydrogen) atoms. The van der Waals surface area contributed by atoms with Crippen LogP contribution in [0.4, 0.5) is 13.6 Å². The van der Waals surface area contributed by atoms with Gasteiger partial charge < -0.3 is 10.4 Å². The van der Waals surface area contributed by atoms with E-state index in [1.54, 1.807) is 27.0 Å². The number of fused-ring (bicyclic) bond motifs is 1. The van der Waals surface area contributed by atoms with E-state index < -0.39 is 45.4 Å². The highest BCUT2D eigenvalue weighted by Crippen LogP contribution is 2.37. The highest BCUT2D eigenvalue weighted by Gasteiger charge is 2.45. The van der Waals surface area contributed by atoms with Gasteiger partial charge in [-0.1, -0.05) is 0 Å². The molecule has 1 aliphatic carbocycles. The molecule has 3 atom stereocenters. The maximum Gasteiger partial charge on any atom is 0.408 e. The average Bonchev–Trinajstić information content (AvgIpc) is 3.45. The molecule has 0 radical (unpaired) electrons. The number of benzene rings is 1. The second-order valence-corrected chi connectivity index (χ2v) is 13.0. The number of rotatable bonds is 5. The average molecular weight is 524 g/mol. The molecule has 1 saturated heterocycles. The van der Waals surface area contributed by atoms with E-state index in [4.69, 9.17) is 0 Å². The quantitative estimate of drug-likeness (QED) is 0.620. The summed E-state index contributed by atoms with van der Waals surface area (Å²) in [5.74, 6) is -1.18. The van der Waals surface area contributed by atoms with E-state index in [-0.39, 0.29) is 16.9 Å². The first-order valence-electron chi connectivity index (χ1n) is 12.1. The zero-order valence-electron chi connectivity index (χ0n) is 20.5. The SMILES string of the molecule is CC(C)(C)N(C(=O)O)[C@H]1C[C@@H](N2Cc3cn(S(=O)(=O)C4CC4)nc3C2)CN[C@H]1c1cc(F)ccc1F. The third-order valence-corrected chi connectivity index (χ3v) is 9.35. The lowest BCUT2D eigenvalue weighted by molar-refractivity contribution is 0.0193. The van der Waals surface area contributed by atoms with Crippen LogP contribution in [0.15, 0.2) is 24.4 Å². The van der Waals surface area contributed by atoms with Crippen LogP contribution >= 0.6 is 0 Å². The molecular formula is C24H31F2N5O4S. The minimum atomic E-state index is -3.44. The minimum Gasteiger partial charge on any atom is -0.465 e. The first kappa shape index (κ1) is 25.1. The lowest BCUT2D eigenvalue weighted by Crippen LogP contribution is -2.61. The fourth-order valence-electron chi connectivity index (χ4n) is 5.49. The van der Waals surface area contributed by atoms with Crippen LogP contribution in [0.25, 0.3) is 0 Å². The number of hydrogen-bond acceptors (Lipinski definition) is 6. The van der Waals surface area contributed by atoms with Gasteiger partial charge in [-0.3, -0.25) is 9.80 Å². The largest absolute Gasteiger partial charge is 0.465 e. The van der Waals surface area contributed by atoms with Crippen molar-refractivity contribution < 1.29 is 27.1 Å². The van der Waals surface area contributed by atoms with Gasteiger partial charge in [-0.25, -0.2) is 22.0 Å². The van der Waals surface area contributed by atoms with Gasteiger partial charge in [-0.15, -0.1) is 0 Å². The molecule has 1 aromatic carbocycles. The summed E-state index contributed by atoms with van der Waals surface area (Å²) >= 11 is 0. The first-order chi connectivity index (χ1) is 16.9. The molecule has 196 valence electrons. The molecule has 0 bridgehead atoms. The molecule has 5 rings (SSSR count). The number of halogens is 2. The fourth-order valence-corrected chi connectivity index (χ4v) is 7.01. The molecule has 2 N–H and O–H groups in total. The van der Waals surface area contributed by atoms with Crippen LogP contribution in [0.5, 0.6) is 0 Å². The maximum atomic E-state index is 14.8. The van der Waals surface area contributed by atoms with Gasteiger partial charge >= 0.3 is 6.09 Å². The summed E-state index contributed by atoms with van der Waals surface area (Å²) in [6.07, 6.45) is 2.16. The Kier molecular flexibility index (Phi) is 6.12. The third kappa shape index (κ3) is 4.50. The Hall–Kier alpha value is -2.57. The van der Waals surface area contributed by atoms with E-state index in [1.807, 2.05) is 0 Å². The van der Waals surface area contributed by atoms with E-state index in [0.29, 0.717) is 44.6 Å². The second-order valence-electron chi connectivity index (χ2n) is 11.0. The van der Waals surface area contributed by atoms with Crippen molar-refractivity contribution in [2.24, 2.45) is 0 Å². The van der Waals surface area contributed by atoms with Gasteiger partial charge in [0.2, 0.25) is 0 Å². The number of carboxylic acid groups (broad SMARTS) is 1. The van der Waals surface area contributed by atoms with Gasteiger partial charge in [-0.05, 0) is 58.2 Å². The van der Waals surface area contributed by atoms with E-state index >= 15 is 0 Å². The highest BCUT2D eigenvalue weighted by atomic mass is 32.2. The minimum absolute atomic E-state index is 0.0975. The topological polar surface area (TPSA) is 108 Å². The van der Waals surface area contributed by atoms with Crippen LogP contribution < -0.4 is 5.32 Å². The van der Waals surface area contributed by atoms with Crippen LogP contribution in [0.1, 0.15) is 62.9 Å². The van der Waals surface area contributed by atoms with Crippen LogP contribution in [0, 0.1) is 11.6 Å². The summed E-state index contributed by atoms with van der Waals surface area (Å²) < 4.78 is 55.0. The first-order valence-corrected chi connectivity index (χ1v) is 13.6. The molecule has 2 aromatic rings. The molecule has 12 heteroatoms. The standard InChI is InChI=1S/C24H31F2N5O4S/c1-24(2,3)31(23(32)33)21-9-16(10-27-22(21)18-8-15(25)4-7-19(18)26)29-11-14-12-30(28-20(14)13-29)36(34,35)17-5-6-17/h4,7-8,12,16-17,21-22,27H,5-6,9-11,13H2,1-3H3,(H,32,33)/t16-,21+,22+/m1/s1. The van der Waals surface area contributed by atoms with Crippen LogP contribution in [-0.4, -0.2) is 68.0 Å². The molecule has 1 aromatic heterocycles. The lowest BCUT2D eigenvalue weighted by Gasteiger charge is -2.48. The second kappa shape index (κ2) is 8.77. The van der Waals surface area contributed by atoms with Crippen LogP contribution in [0.2, 0.25) is 0 Å². The van der Waals surface area contributed by atoms with Gasteiger partial charge in [-0.2, -0.15) is 9.19 Å². The lowest BCUT2D eigenvalue weighted by atomic mass is 9.85. The predicted octanol–water partition coefficient (Wildman–Crippen LogP) is 3.07. The molecule has 2 fully saturated rings. The molecular weight excluding hydrogens is 492 g/mol. The molecule has 3 heterocycles.